The summed E-state index contributed by atoms with van der Waals surface area (Å²) in [4.78, 5) is 2.38. The first-order chi connectivity index (χ1) is 28.7. The maximum Gasteiger partial charge on any atom is 0.0465 e. The van der Waals surface area contributed by atoms with Crippen molar-refractivity contribution in [3.63, 3.8) is 0 Å². The summed E-state index contributed by atoms with van der Waals surface area (Å²) in [5.74, 6) is 0. The van der Waals surface area contributed by atoms with E-state index in [1.807, 2.05) is 0 Å². The molecule has 58 heavy (non-hydrogen) atoms. The fourth-order valence-corrected chi connectivity index (χ4v) is 9.67. The number of para-hydroxylation sites is 2. The van der Waals surface area contributed by atoms with Crippen molar-refractivity contribution >= 4 is 50.8 Å². The molecule has 0 atom stereocenters. The molecular formula is C57H45N. The van der Waals surface area contributed by atoms with Crippen LogP contribution in [0.25, 0.3) is 67.1 Å². The molecule has 0 amide bonds. The summed E-state index contributed by atoms with van der Waals surface area (Å²) in [5, 5.41) is 5.11. The first kappa shape index (κ1) is 35.5. The van der Waals surface area contributed by atoms with E-state index in [9.17, 15) is 0 Å². The molecule has 0 fully saturated rings. The van der Waals surface area contributed by atoms with Crippen molar-refractivity contribution in [1.82, 2.24) is 0 Å². The van der Waals surface area contributed by atoms with Crippen molar-refractivity contribution < 1.29 is 0 Å². The Morgan fingerprint density at radius 2 is 0.793 bits per heavy atom. The minimum atomic E-state index is -0.0627. The zero-order chi connectivity index (χ0) is 39.1. The SMILES string of the molecule is CCC1(CC)c2cc(/C=C/c3ccc(-c4c5ccccc5c(-c5ccccc5)c5ccccc45)cc3)ccc2-c2ccc(N(c3ccccc3)c3ccccc3)cc21. The summed E-state index contributed by atoms with van der Waals surface area (Å²) in [6.45, 7) is 4.71. The third-order valence-corrected chi connectivity index (χ3v) is 12.5. The third kappa shape index (κ3) is 5.94. The lowest BCUT2D eigenvalue weighted by Crippen LogP contribution is -2.23. The van der Waals surface area contributed by atoms with Crippen molar-refractivity contribution in [1.29, 1.82) is 0 Å². The van der Waals surface area contributed by atoms with E-state index in [4.69, 9.17) is 0 Å². The quantitative estimate of drug-likeness (QED) is 0.105. The molecule has 0 saturated heterocycles. The van der Waals surface area contributed by atoms with Crippen molar-refractivity contribution in [3.8, 4) is 33.4 Å². The summed E-state index contributed by atoms with van der Waals surface area (Å²) in [6, 6.07) is 73.3. The fourth-order valence-electron chi connectivity index (χ4n) is 9.67. The Morgan fingerprint density at radius 1 is 0.379 bits per heavy atom. The van der Waals surface area contributed by atoms with Crippen LogP contribution < -0.4 is 4.90 Å². The van der Waals surface area contributed by atoms with Crippen LogP contribution in [-0.4, -0.2) is 0 Å². The number of hydrogen-bond donors (Lipinski definition) is 0. The third-order valence-electron chi connectivity index (χ3n) is 12.5. The van der Waals surface area contributed by atoms with E-state index in [1.54, 1.807) is 0 Å². The van der Waals surface area contributed by atoms with E-state index in [2.05, 4.69) is 231 Å². The van der Waals surface area contributed by atoms with Crippen LogP contribution in [0.5, 0.6) is 0 Å². The Kier molecular flexibility index (Phi) is 9.07. The second kappa shape index (κ2) is 14.8. The topological polar surface area (TPSA) is 3.24 Å². The van der Waals surface area contributed by atoms with Gasteiger partial charge in [-0.05, 0) is 126 Å². The highest BCUT2D eigenvalue weighted by molar-refractivity contribution is 6.21. The van der Waals surface area contributed by atoms with Gasteiger partial charge in [0.05, 0.1) is 0 Å². The van der Waals surface area contributed by atoms with Gasteiger partial charge in [-0.25, -0.2) is 0 Å². The van der Waals surface area contributed by atoms with Crippen LogP contribution >= 0.6 is 0 Å². The smallest absolute Gasteiger partial charge is 0.0465 e. The Labute approximate surface area is 342 Å². The van der Waals surface area contributed by atoms with Crippen LogP contribution in [0.4, 0.5) is 17.1 Å². The maximum absolute atomic E-state index is 2.46. The lowest BCUT2D eigenvalue weighted by atomic mass is 9.73. The van der Waals surface area contributed by atoms with Gasteiger partial charge in [-0.2, -0.15) is 0 Å². The fraction of sp³-hybridized carbons (Fsp3) is 0.0877. The summed E-state index contributed by atoms with van der Waals surface area (Å²) < 4.78 is 0. The monoisotopic (exact) mass is 743 g/mol. The lowest BCUT2D eigenvalue weighted by molar-refractivity contribution is 0.490. The molecule has 0 bridgehead atoms. The van der Waals surface area contributed by atoms with E-state index in [-0.39, 0.29) is 5.41 Å². The second-order valence-corrected chi connectivity index (χ2v) is 15.5. The molecule has 1 heteroatoms. The molecule has 0 aliphatic heterocycles. The molecule has 9 aromatic carbocycles. The highest BCUT2D eigenvalue weighted by atomic mass is 15.1. The van der Waals surface area contributed by atoms with Crippen molar-refractivity contribution in [2.24, 2.45) is 0 Å². The average molecular weight is 744 g/mol. The zero-order valence-electron chi connectivity index (χ0n) is 33.1. The molecule has 1 nitrogen and oxygen atoms in total. The molecule has 1 aliphatic carbocycles. The van der Waals surface area contributed by atoms with Crippen LogP contribution in [0.3, 0.4) is 0 Å². The Balaban J connectivity index is 0.989. The first-order valence-electron chi connectivity index (χ1n) is 20.6. The van der Waals surface area contributed by atoms with E-state index in [0.29, 0.717) is 0 Å². The summed E-state index contributed by atoms with van der Waals surface area (Å²) >= 11 is 0. The lowest BCUT2D eigenvalue weighted by Gasteiger charge is -2.32. The van der Waals surface area contributed by atoms with Crippen LogP contribution in [0.15, 0.2) is 200 Å². The summed E-state index contributed by atoms with van der Waals surface area (Å²) in [6.07, 6.45) is 6.62. The van der Waals surface area contributed by atoms with E-state index in [0.717, 1.165) is 24.2 Å². The predicted molar refractivity (Wildman–Crippen MR) is 249 cm³/mol. The summed E-state index contributed by atoms with van der Waals surface area (Å²) in [5.41, 5.74) is 16.5. The largest absolute Gasteiger partial charge is 0.310 e. The minimum Gasteiger partial charge on any atom is -0.310 e. The molecular weight excluding hydrogens is 699 g/mol. The Bertz CT molecular complexity index is 2840. The number of benzene rings is 9. The average Bonchev–Trinajstić information content (AvgIpc) is 3.57. The molecule has 0 aromatic heterocycles. The van der Waals surface area contributed by atoms with Gasteiger partial charge in [-0.3, -0.25) is 0 Å². The van der Waals surface area contributed by atoms with Crippen molar-refractivity contribution in [2.75, 3.05) is 4.90 Å². The van der Waals surface area contributed by atoms with E-state index >= 15 is 0 Å². The van der Waals surface area contributed by atoms with Gasteiger partial charge in [-0.15, -0.1) is 0 Å². The van der Waals surface area contributed by atoms with Gasteiger partial charge in [0.25, 0.3) is 0 Å². The van der Waals surface area contributed by atoms with Gasteiger partial charge in [0, 0.05) is 22.5 Å². The van der Waals surface area contributed by atoms with Crippen molar-refractivity contribution in [3.05, 3.63) is 222 Å². The van der Waals surface area contributed by atoms with Gasteiger partial charge in [-0.1, -0.05) is 190 Å². The molecule has 0 heterocycles. The van der Waals surface area contributed by atoms with Crippen LogP contribution in [-0.2, 0) is 5.41 Å². The van der Waals surface area contributed by atoms with Gasteiger partial charge in [0.1, 0.15) is 0 Å². The Hall–Kier alpha value is -6.96. The molecule has 9 aromatic rings. The molecule has 0 radical (unpaired) electrons. The molecule has 0 unspecified atom stereocenters. The van der Waals surface area contributed by atoms with E-state index < -0.39 is 0 Å². The van der Waals surface area contributed by atoms with Crippen molar-refractivity contribution in [2.45, 2.75) is 32.1 Å². The first-order valence-corrected chi connectivity index (χ1v) is 20.6. The van der Waals surface area contributed by atoms with Crippen LogP contribution in [0.2, 0.25) is 0 Å². The highest BCUT2D eigenvalue weighted by Crippen LogP contribution is 2.54. The number of hydrogen-bond acceptors (Lipinski definition) is 1. The maximum atomic E-state index is 2.46. The zero-order valence-corrected chi connectivity index (χ0v) is 33.1. The summed E-state index contributed by atoms with van der Waals surface area (Å²) in [7, 11) is 0. The molecule has 1 aliphatic rings. The molecule has 10 rings (SSSR count). The van der Waals surface area contributed by atoms with Gasteiger partial charge in [0.2, 0.25) is 0 Å². The molecule has 0 spiro atoms. The predicted octanol–water partition coefficient (Wildman–Crippen LogP) is 16.1. The molecule has 0 saturated carbocycles. The minimum absolute atomic E-state index is 0.0627. The van der Waals surface area contributed by atoms with Crippen LogP contribution in [0, 0.1) is 0 Å². The molecule has 278 valence electrons. The Morgan fingerprint density at radius 3 is 1.31 bits per heavy atom. The highest BCUT2D eigenvalue weighted by Gasteiger charge is 2.41. The number of fused-ring (bicyclic) bond motifs is 5. The number of rotatable bonds is 9. The van der Waals surface area contributed by atoms with Gasteiger partial charge in [0.15, 0.2) is 0 Å². The number of anilines is 3. The second-order valence-electron chi connectivity index (χ2n) is 15.5. The standard InChI is InChI=1S/C57H45N/c1-3-57(4-2)53-38-41(32-36-47(53)48-37-35-46(39-54(48)57)58(44-20-10-6-11-21-44)45-22-12-7-13-23-45)29-28-40-30-33-43(34-31-40)56-51-26-16-14-24-49(51)55(42-18-8-5-9-19-42)50-25-15-17-27-52(50)56/h5-39H,3-4H2,1-2H3/b29-28+. The van der Waals surface area contributed by atoms with Gasteiger partial charge < -0.3 is 4.90 Å². The van der Waals surface area contributed by atoms with Gasteiger partial charge >= 0.3 is 0 Å². The van der Waals surface area contributed by atoms with Crippen LogP contribution in [0.1, 0.15) is 48.9 Å². The van der Waals surface area contributed by atoms with E-state index in [1.165, 1.54) is 82.9 Å². The normalized spacial score (nSPS) is 12.9. The molecule has 0 N–H and O–H groups in total. The number of nitrogens with zero attached hydrogens (tertiary/aromatic N) is 1.